The molecule has 0 aliphatic carbocycles. The molecule has 96 valence electrons. The molecule has 0 aliphatic heterocycles. The molecule has 0 fully saturated rings. The van der Waals surface area contributed by atoms with Crippen molar-refractivity contribution in [1.82, 2.24) is 15.1 Å². The number of hydrogen-bond acceptors (Lipinski definition) is 5. The second kappa shape index (κ2) is 4.86. The highest BCUT2D eigenvalue weighted by Gasteiger charge is 2.24. The number of nitrogens with zero attached hydrogens (tertiary/aromatic N) is 3. The summed E-state index contributed by atoms with van der Waals surface area (Å²) in [5.74, 6) is 0.879. The van der Waals surface area contributed by atoms with Crippen LogP contribution in [0.3, 0.4) is 0 Å². The van der Waals surface area contributed by atoms with Crippen LogP contribution in [0.15, 0.2) is 28.9 Å². The summed E-state index contributed by atoms with van der Waals surface area (Å²) >= 11 is 0. The van der Waals surface area contributed by atoms with Crippen LogP contribution in [0.4, 0.5) is 0 Å². The van der Waals surface area contributed by atoms with E-state index in [-0.39, 0.29) is 5.41 Å². The number of aliphatic hydroxyl groups is 1. The van der Waals surface area contributed by atoms with Gasteiger partial charge in [-0.05, 0) is 17.5 Å². The molecule has 2 heterocycles. The Morgan fingerprint density at radius 1 is 1.33 bits per heavy atom. The molecule has 0 amide bonds. The van der Waals surface area contributed by atoms with Gasteiger partial charge in [-0.15, -0.1) is 0 Å². The third kappa shape index (κ3) is 2.92. The monoisotopic (exact) mass is 247 g/mol. The van der Waals surface area contributed by atoms with Gasteiger partial charge in [-0.25, -0.2) is 0 Å². The molecular weight excluding hydrogens is 230 g/mol. The summed E-state index contributed by atoms with van der Waals surface area (Å²) in [6.45, 7) is 5.90. The molecule has 5 heteroatoms. The van der Waals surface area contributed by atoms with Crippen LogP contribution in [0.5, 0.6) is 0 Å². The molecule has 0 radical (unpaired) electrons. The summed E-state index contributed by atoms with van der Waals surface area (Å²) < 4.78 is 5.12. The zero-order valence-corrected chi connectivity index (χ0v) is 10.8. The second-order valence-corrected chi connectivity index (χ2v) is 5.31. The predicted molar refractivity (Wildman–Crippen MR) is 66.7 cm³/mol. The molecule has 2 rings (SSSR count). The fourth-order valence-electron chi connectivity index (χ4n) is 1.41. The molecule has 0 saturated heterocycles. The fraction of sp³-hybridized carbons (Fsp3) is 0.462. The van der Waals surface area contributed by atoms with Crippen molar-refractivity contribution in [1.29, 1.82) is 0 Å². The van der Waals surface area contributed by atoms with Crippen molar-refractivity contribution >= 4 is 0 Å². The van der Waals surface area contributed by atoms with Gasteiger partial charge in [0.2, 0.25) is 11.7 Å². The van der Waals surface area contributed by atoms with E-state index >= 15 is 0 Å². The number of aromatic nitrogens is 3. The van der Waals surface area contributed by atoms with E-state index in [9.17, 15) is 5.11 Å². The quantitative estimate of drug-likeness (QED) is 0.899. The van der Waals surface area contributed by atoms with E-state index in [2.05, 4.69) is 15.1 Å². The van der Waals surface area contributed by atoms with Crippen molar-refractivity contribution in [2.24, 2.45) is 5.41 Å². The van der Waals surface area contributed by atoms with Gasteiger partial charge in [0.25, 0.3) is 0 Å². The molecule has 0 bridgehead atoms. The summed E-state index contributed by atoms with van der Waals surface area (Å²) in [4.78, 5) is 8.38. The maximum absolute atomic E-state index is 9.98. The van der Waals surface area contributed by atoms with E-state index in [1.165, 1.54) is 0 Å². The maximum atomic E-state index is 9.98. The van der Waals surface area contributed by atoms with Crippen molar-refractivity contribution in [3.05, 3.63) is 30.3 Å². The van der Waals surface area contributed by atoms with Gasteiger partial charge in [-0.1, -0.05) is 32.0 Å². The molecule has 0 spiro atoms. The molecule has 1 N–H and O–H groups in total. The lowest BCUT2D eigenvalue weighted by Crippen LogP contribution is -2.28. The minimum atomic E-state index is -0.519. The lowest BCUT2D eigenvalue weighted by molar-refractivity contribution is 0.0565. The highest BCUT2D eigenvalue weighted by molar-refractivity contribution is 5.46. The van der Waals surface area contributed by atoms with Gasteiger partial charge in [0.05, 0.1) is 12.5 Å². The fourth-order valence-corrected chi connectivity index (χ4v) is 1.41. The Labute approximate surface area is 106 Å². The molecule has 0 saturated carbocycles. The molecule has 0 aromatic carbocycles. The SMILES string of the molecule is CC(C)(C)C(O)Cc1nc(-c2ccccn2)no1. The van der Waals surface area contributed by atoms with Crippen molar-refractivity contribution in [2.45, 2.75) is 33.3 Å². The zero-order chi connectivity index (χ0) is 13.2. The molecule has 0 aliphatic rings. The van der Waals surface area contributed by atoms with E-state index < -0.39 is 6.10 Å². The van der Waals surface area contributed by atoms with Crippen LogP contribution in [-0.2, 0) is 6.42 Å². The van der Waals surface area contributed by atoms with Crippen molar-refractivity contribution in [2.75, 3.05) is 0 Å². The van der Waals surface area contributed by atoms with Gasteiger partial charge in [0, 0.05) is 6.20 Å². The summed E-state index contributed by atoms with van der Waals surface area (Å²) in [7, 11) is 0. The summed E-state index contributed by atoms with van der Waals surface area (Å²) in [5, 5.41) is 13.8. The first-order chi connectivity index (χ1) is 8.47. The minimum Gasteiger partial charge on any atom is -0.392 e. The largest absolute Gasteiger partial charge is 0.392 e. The Balaban J connectivity index is 2.12. The zero-order valence-electron chi connectivity index (χ0n) is 10.8. The Kier molecular flexibility index (Phi) is 3.43. The van der Waals surface area contributed by atoms with Crippen LogP contribution < -0.4 is 0 Å². The van der Waals surface area contributed by atoms with E-state index in [1.54, 1.807) is 6.20 Å². The number of hydrogen-bond donors (Lipinski definition) is 1. The normalized spacial score (nSPS) is 13.6. The van der Waals surface area contributed by atoms with E-state index in [0.717, 1.165) is 0 Å². The smallest absolute Gasteiger partial charge is 0.229 e. The number of pyridine rings is 1. The summed E-state index contributed by atoms with van der Waals surface area (Å²) in [6, 6.07) is 5.50. The predicted octanol–water partition coefficient (Wildman–Crippen LogP) is 2.08. The third-order valence-electron chi connectivity index (χ3n) is 2.73. The van der Waals surface area contributed by atoms with Gasteiger partial charge in [-0.2, -0.15) is 4.98 Å². The lowest BCUT2D eigenvalue weighted by Gasteiger charge is -2.24. The van der Waals surface area contributed by atoms with Gasteiger partial charge in [0.15, 0.2) is 0 Å². The van der Waals surface area contributed by atoms with Crippen LogP contribution >= 0.6 is 0 Å². The van der Waals surface area contributed by atoms with Gasteiger partial charge in [0.1, 0.15) is 5.69 Å². The Bertz CT molecular complexity index is 502. The molecule has 5 nitrogen and oxygen atoms in total. The molecule has 18 heavy (non-hydrogen) atoms. The summed E-state index contributed by atoms with van der Waals surface area (Å²) in [5.41, 5.74) is 0.456. The molecule has 2 aromatic heterocycles. The first-order valence-corrected chi connectivity index (χ1v) is 5.89. The first kappa shape index (κ1) is 12.7. The van der Waals surface area contributed by atoms with Crippen LogP contribution in [-0.4, -0.2) is 26.3 Å². The summed E-state index contributed by atoms with van der Waals surface area (Å²) in [6.07, 6.45) is 1.51. The Morgan fingerprint density at radius 2 is 2.11 bits per heavy atom. The van der Waals surface area contributed by atoms with Crippen molar-refractivity contribution in [3.8, 4) is 11.5 Å². The third-order valence-corrected chi connectivity index (χ3v) is 2.73. The minimum absolute atomic E-state index is 0.209. The standard InChI is InChI=1S/C13H17N3O2/c1-13(2,3)10(17)8-11-15-12(16-18-11)9-6-4-5-7-14-9/h4-7,10,17H,8H2,1-3H3. The van der Waals surface area contributed by atoms with Crippen LogP contribution in [0.25, 0.3) is 11.5 Å². The average molecular weight is 247 g/mol. The van der Waals surface area contributed by atoms with Crippen LogP contribution in [0, 0.1) is 5.41 Å². The molecule has 1 atom stereocenters. The van der Waals surface area contributed by atoms with Crippen molar-refractivity contribution in [3.63, 3.8) is 0 Å². The lowest BCUT2D eigenvalue weighted by atomic mass is 9.87. The van der Waals surface area contributed by atoms with E-state index in [0.29, 0.717) is 23.8 Å². The van der Waals surface area contributed by atoms with Gasteiger partial charge < -0.3 is 9.63 Å². The second-order valence-electron chi connectivity index (χ2n) is 5.31. The van der Waals surface area contributed by atoms with Gasteiger partial charge in [-0.3, -0.25) is 4.98 Å². The Hall–Kier alpha value is -1.75. The van der Waals surface area contributed by atoms with Crippen LogP contribution in [0.2, 0.25) is 0 Å². The van der Waals surface area contributed by atoms with Crippen molar-refractivity contribution < 1.29 is 9.63 Å². The topological polar surface area (TPSA) is 72.0 Å². The number of rotatable bonds is 3. The Morgan fingerprint density at radius 3 is 2.72 bits per heavy atom. The highest BCUT2D eigenvalue weighted by atomic mass is 16.5. The van der Waals surface area contributed by atoms with Gasteiger partial charge >= 0.3 is 0 Å². The molecular formula is C13H17N3O2. The highest BCUT2D eigenvalue weighted by Crippen LogP contribution is 2.22. The van der Waals surface area contributed by atoms with E-state index in [4.69, 9.17) is 4.52 Å². The van der Waals surface area contributed by atoms with Crippen LogP contribution in [0.1, 0.15) is 26.7 Å². The average Bonchev–Trinajstić information content (AvgIpc) is 2.77. The van der Waals surface area contributed by atoms with E-state index in [1.807, 2.05) is 39.0 Å². The number of aliphatic hydroxyl groups excluding tert-OH is 1. The first-order valence-electron chi connectivity index (χ1n) is 5.89. The molecule has 1 unspecified atom stereocenters. The maximum Gasteiger partial charge on any atom is 0.229 e. The molecule has 2 aromatic rings.